The van der Waals surface area contributed by atoms with Crippen LogP contribution in [0.25, 0.3) is 0 Å². The molecule has 22 heavy (non-hydrogen) atoms. The third-order valence-corrected chi connectivity index (χ3v) is 2.60. The molecule has 0 heterocycles. The molecule has 0 radical (unpaired) electrons. The van der Waals surface area contributed by atoms with Crippen LogP contribution in [0.4, 0.5) is 13.2 Å². The first-order valence-corrected chi connectivity index (χ1v) is 6.45. The van der Waals surface area contributed by atoms with Gasteiger partial charge < -0.3 is 15.2 Å². The van der Waals surface area contributed by atoms with Gasteiger partial charge >= 0.3 is 18.1 Å². The van der Waals surface area contributed by atoms with Crippen LogP contribution >= 0.6 is 0 Å². The molecule has 0 fully saturated rings. The van der Waals surface area contributed by atoms with Crippen molar-refractivity contribution in [2.24, 2.45) is 0 Å². The summed E-state index contributed by atoms with van der Waals surface area (Å²) >= 11 is 0. The van der Waals surface area contributed by atoms with Crippen LogP contribution in [-0.2, 0) is 9.59 Å². The van der Waals surface area contributed by atoms with Crippen molar-refractivity contribution in [1.29, 1.82) is 0 Å². The molecule has 0 aromatic heterocycles. The second-order valence-electron chi connectivity index (χ2n) is 4.86. The lowest BCUT2D eigenvalue weighted by atomic mass is 10.0. The first-order chi connectivity index (χ1) is 10.1. The molecule has 0 aliphatic rings. The number of hydrogen-bond donors (Lipinski definition) is 2. The number of nitrogens with one attached hydrogen (secondary N) is 1. The van der Waals surface area contributed by atoms with Crippen molar-refractivity contribution in [2.75, 3.05) is 0 Å². The summed E-state index contributed by atoms with van der Waals surface area (Å²) in [5, 5.41) is 10.5. The molecule has 1 rings (SSSR count). The van der Waals surface area contributed by atoms with Crippen molar-refractivity contribution in [3.8, 4) is 5.75 Å². The molecule has 0 aliphatic heterocycles. The highest BCUT2D eigenvalue weighted by atomic mass is 19.4. The molecule has 0 saturated heterocycles. The van der Waals surface area contributed by atoms with E-state index in [1.54, 1.807) is 5.32 Å². The number of carboxylic acid groups (broad SMARTS) is 1. The van der Waals surface area contributed by atoms with Crippen molar-refractivity contribution in [2.45, 2.75) is 38.6 Å². The maximum absolute atomic E-state index is 12.3. The van der Waals surface area contributed by atoms with Gasteiger partial charge in [0.15, 0.2) is 0 Å². The summed E-state index contributed by atoms with van der Waals surface area (Å²) in [6.07, 6.45) is -5.81. The molecule has 0 saturated carbocycles. The minimum atomic E-state index is -5.07. The molecular weight excluding hydrogens is 303 g/mol. The summed E-state index contributed by atoms with van der Waals surface area (Å²) in [5.41, 5.74) is 0.246. The molecule has 0 aliphatic carbocycles. The highest BCUT2D eigenvalue weighted by molar-refractivity contribution is 5.82. The lowest BCUT2D eigenvalue weighted by Crippen LogP contribution is -2.39. The Balaban J connectivity index is 2.92. The van der Waals surface area contributed by atoms with Gasteiger partial charge in [0.05, 0.1) is 18.6 Å². The third-order valence-electron chi connectivity index (χ3n) is 2.60. The molecule has 0 bridgehead atoms. The average Bonchev–Trinajstić information content (AvgIpc) is 2.36. The number of carbonyl (C=O) groups is 2. The average molecular weight is 319 g/mol. The Morgan fingerprint density at radius 1 is 1.23 bits per heavy atom. The van der Waals surface area contributed by atoms with Crippen molar-refractivity contribution in [3.63, 3.8) is 0 Å². The number of ether oxygens (including phenoxy) is 1. The van der Waals surface area contributed by atoms with Crippen LogP contribution in [0.2, 0.25) is 0 Å². The second kappa shape index (κ2) is 7.15. The highest BCUT2D eigenvalue weighted by Crippen LogP contribution is 2.23. The Morgan fingerprint density at radius 3 is 2.18 bits per heavy atom. The SMILES string of the molecule is CC(C)Oc1ccc(C(CC(=O)O)NC(=O)C(F)(F)F)cc1. The van der Waals surface area contributed by atoms with Crippen LogP contribution in [0.1, 0.15) is 31.9 Å². The number of hydrogen-bond acceptors (Lipinski definition) is 3. The normalized spacial score (nSPS) is 12.8. The van der Waals surface area contributed by atoms with Gasteiger partial charge in [-0.05, 0) is 31.5 Å². The number of aliphatic carboxylic acids is 1. The topological polar surface area (TPSA) is 75.6 Å². The minimum absolute atomic E-state index is 0.0781. The molecular formula is C14H16F3NO4. The molecule has 8 heteroatoms. The number of halogens is 3. The fourth-order valence-corrected chi connectivity index (χ4v) is 1.72. The van der Waals surface area contributed by atoms with Gasteiger partial charge in [-0.1, -0.05) is 12.1 Å². The van der Waals surface area contributed by atoms with Crippen molar-refractivity contribution >= 4 is 11.9 Å². The van der Waals surface area contributed by atoms with E-state index in [1.807, 2.05) is 13.8 Å². The van der Waals surface area contributed by atoms with Crippen LogP contribution in [-0.4, -0.2) is 29.3 Å². The first-order valence-electron chi connectivity index (χ1n) is 6.45. The number of carbonyl (C=O) groups excluding carboxylic acids is 1. The Labute approximate surface area is 125 Å². The standard InChI is InChI=1S/C14H16F3NO4/c1-8(2)22-10-5-3-9(4-6-10)11(7-12(19)20)18-13(21)14(15,16)17/h3-6,8,11H,7H2,1-2H3,(H,18,21)(H,19,20). The maximum Gasteiger partial charge on any atom is 0.471 e. The van der Waals surface area contributed by atoms with E-state index in [0.29, 0.717) is 5.75 Å². The zero-order valence-electron chi connectivity index (χ0n) is 12.0. The molecule has 0 spiro atoms. The predicted octanol–water partition coefficient (Wildman–Crippen LogP) is 2.67. The lowest BCUT2D eigenvalue weighted by molar-refractivity contribution is -0.174. The van der Waals surface area contributed by atoms with E-state index in [-0.39, 0.29) is 11.7 Å². The van der Waals surface area contributed by atoms with Gasteiger partial charge in [0.1, 0.15) is 5.75 Å². The highest BCUT2D eigenvalue weighted by Gasteiger charge is 2.40. The number of amides is 1. The van der Waals surface area contributed by atoms with E-state index in [4.69, 9.17) is 9.84 Å². The van der Waals surface area contributed by atoms with Crippen LogP contribution in [0.15, 0.2) is 24.3 Å². The zero-order chi connectivity index (χ0) is 16.9. The Bertz CT molecular complexity index is 526. The molecule has 1 atom stereocenters. The van der Waals surface area contributed by atoms with E-state index in [1.165, 1.54) is 24.3 Å². The monoisotopic (exact) mass is 319 g/mol. The smallest absolute Gasteiger partial charge is 0.471 e. The van der Waals surface area contributed by atoms with Gasteiger partial charge in [0, 0.05) is 0 Å². The van der Waals surface area contributed by atoms with Gasteiger partial charge in [-0.3, -0.25) is 9.59 Å². The van der Waals surface area contributed by atoms with Crippen LogP contribution < -0.4 is 10.1 Å². The molecule has 1 unspecified atom stereocenters. The molecule has 1 aromatic rings. The quantitative estimate of drug-likeness (QED) is 0.845. The van der Waals surface area contributed by atoms with Gasteiger partial charge in [0.25, 0.3) is 0 Å². The van der Waals surface area contributed by atoms with E-state index in [0.717, 1.165) is 0 Å². The van der Waals surface area contributed by atoms with Gasteiger partial charge in [0.2, 0.25) is 0 Å². The Hall–Kier alpha value is -2.25. The number of alkyl halides is 3. The lowest BCUT2D eigenvalue weighted by Gasteiger charge is -2.19. The molecule has 122 valence electrons. The Kier molecular flexibility index (Phi) is 5.78. The Morgan fingerprint density at radius 2 is 1.77 bits per heavy atom. The summed E-state index contributed by atoms with van der Waals surface area (Å²) in [6.45, 7) is 3.62. The van der Waals surface area contributed by atoms with Crippen LogP contribution in [0, 0.1) is 0 Å². The maximum atomic E-state index is 12.3. The summed E-state index contributed by atoms with van der Waals surface area (Å²) in [6, 6.07) is 4.57. The van der Waals surface area contributed by atoms with Gasteiger partial charge in [-0.2, -0.15) is 13.2 Å². The minimum Gasteiger partial charge on any atom is -0.491 e. The molecule has 2 N–H and O–H groups in total. The number of benzene rings is 1. The predicted molar refractivity (Wildman–Crippen MR) is 71.4 cm³/mol. The second-order valence-corrected chi connectivity index (χ2v) is 4.86. The summed E-state index contributed by atoms with van der Waals surface area (Å²) in [5.74, 6) is -3.01. The molecule has 1 aromatic carbocycles. The zero-order valence-corrected chi connectivity index (χ0v) is 12.0. The van der Waals surface area contributed by atoms with Crippen LogP contribution in [0.3, 0.4) is 0 Å². The molecule has 5 nitrogen and oxygen atoms in total. The largest absolute Gasteiger partial charge is 0.491 e. The van der Waals surface area contributed by atoms with Crippen molar-refractivity contribution < 1.29 is 32.6 Å². The first kappa shape index (κ1) is 17.8. The van der Waals surface area contributed by atoms with E-state index in [2.05, 4.69) is 0 Å². The summed E-state index contributed by atoms with van der Waals surface area (Å²) in [7, 11) is 0. The fourth-order valence-electron chi connectivity index (χ4n) is 1.72. The van der Waals surface area contributed by atoms with E-state index in [9.17, 15) is 22.8 Å². The van der Waals surface area contributed by atoms with Crippen molar-refractivity contribution in [1.82, 2.24) is 5.32 Å². The number of carboxylic acids is 1. The van der Waals surface area contributed by atoms with E-state index < -0.39 is 30.5 Å². The third kappa shape index (κ3) is 5.63. The van der Waals surface area contributed by atoms with Gasteiger partial charge in [-0.25, -0.2) is 0 Å². The molecule has 1 amide bonds. The fraction of sp³-hybridized carbons (Fsp3) is 0.429. The summed E-state index contributed by atoms with van der Waals surface area (Å²) in [4.78, 5) is 21.8. The van der Waals surface area contributed by atoms with Crippen molar-refractivity contribution in [3.05, 3.63) is 29.8 Å². The van der Waals surface area contributed by atoms with Crippen LogP contribution in [0.5, 0.6) is 5.75 Å². The van der Waals surface area contributed by atoms with Gasteiger partial charge in [-0.15, -0.1) is 0 Å². The number of rotatable bonds is 6. The summed E-state index contributed by atoms with van der Waals surface area (Å²) < 4.78 is 42.3. The van der Waals surface area contributed by atoms with E-state index >= 15 is 0 Å².